The molecule has 0 unspecified atom stereocenters. The quantitative estimate of drug-likeness (QED) is 0.567. The molecule has 3 aromatic rings. The third-order valence-electron chi connectivity index (χ3n) is 6.10. The lowest BCUT2D eigenvalue weighted by Gasteiger charge is -2.23. The molecule has 152 valence electrons. The van der Waals surface area contributed by atoms with Crippen LogP contribution >= 0.6 is 0 Å². The standard InChI is InChI=1S/C26H32N2O/c1-3-28-16-6-8-23(28)17-27-18-25-24-9-5-4-7-22(24)14-15-26(25)29-19-21-12-10-20(2)11-13-21/h4-5,7,9-15,23,27H,3,6,8,16-19H2,1-2H3/t23-/m1/s1. The number of benzene rings is 3. The van der Waals surface area contributed by atoms with Crippen molar-refractivity contribution in [2.24, 2.45) is 0 Å². The second kappa shape index (κ2) is 9.43. The van der Waals surface area contributed by atoms with Crippen LogP contribution in [0.3, 0.4) is 0 Å². The van der Waals surface area contributed by atoms with Crippen LogP contribution in [-0.2, 0) is 13.2 Å². The van der Waals surface area contributed by atoms with Gasteiger partial charge in [-0.25, -0.2) is 0 Å². The fraction of sp³-hybridized carbons (Fsp3) is 0.385. The number of hydrogen-bond donors (Lipinski definition) is 1. The maximum absolute atomic E-state index is 6.29. The largest absolute Gasteiger partial charge is 0.489 e. The van der Waals surface area contributed by atoms with Crippen LogP contribution < -0.4 is 10.1 Å². The molecule has 3 heteroatoms. The van der Waals surface area contributed by atoms with Gasteiger partial charge in [0.2, 0.25) is 0 Å². The molecule has 1 N–H and O–H groups in total. The van der Waals surface area contributed by atoms with Crippen LogP contribution in [0.5, 0.6) is 5.75 Å². The van der Waals surface area contributed by atoms with Crippen molar-refractivity contribution in [3.8, 4) is 5.75 Å². The third kappa shape index (κ3) is 4.80. The Balaban J connectivity index is 1.50. The number of aryl methyl sites for hydroxylation is 1. The highest BCUT2D eigenvalue weighted by atomic mass is 16.5. The summed E-state index contributed by atoms with van der Waals surface area (Å²) in [5.74, 6) is 0.982. The molecule has 0 amide bonds. The summed E-state index contributed by atoms with van der Waals surface area (Å²) in [7, 11) is 0. The summed E-state index contributed by atoms with van der Waals surface area (Å²) >= 11 is 0. The molecule has 1 atom stereocenters. The predicted octanol–water partition coefficient (Wildman–Crippen LogP) is 5.30. The molecule has 0 spiro atoms. The third-order valence-corrected chi connectivity index (χ3v) is 6.10. The summed E-state index contributed by atoms with van der Waals surface area (Å²) in [5.41, 5.74) is 3.74. The molecule has 1 heterocycles. The van der Waals surface area contributed by atoms with Gasteiger partial charge >= 0.3 is 0 Å². The van der Waals surface area contributed by atoms with Gasteiger partial charge in [-0.3, -0.25) is 4.90 Å². The Hall–Kier alpha value is -2.36. The Morgan fingerprint density at radius 2 is 1.86 bits per heavy atom. The van der Waals surface area contributed by atoms with Crippen molar-refractivity contribution < 1.29 is 4.74 Å². The van der Waals surface area contributed by atoms with E-state index in [2.05, 4.69) is 84.7 Å². The molecule has 0 bridgehead atoms. The Morgan fingerprint density at radius 3 is 2.69 bits per heavy atom. The van der Waals surface area contributed by atoms with Crippen LogP contribution in [0.2, 0.25) is 0 Å². The first-order chi connectivity index (χ1) is 14.2. The average molecular weight is 389 g/mol. The molecule has 3 nitrogen and oxygen atoms in total. The summed E-state index contributed by atoms with van der Waals surface area (Å²) in [6.07, 6.45) is 2.62. The monoisotopic (exact) mass is 388 g/mol. The summed E-state index contributed by atoms with van der Waals surface area (Å²) in [5, 5.41) is 6.27. The van der Waals surface area contributed by atoms with Gasteiger partial charge in [-0.15, -0.1) is 0 Å². The molecule has 1 aliphatic heterocycles. The molecule has 1 saturated heterocycles. The van der Waals surface area contributed by atoms with Crippen molar-refractivity contribution in [2.75, 3.05) is 19.6 Å². The summed E-state index contributed by atoms with van der Waals surface area (Å²) in [6, 6.07) is 22.1. The Morgan fingerprint density at radius 1 is 1.03 bits per heavy atom. The van der Waals surface area contributed by atoms with E-state index in [-0.39, 0.29) is 0 Å². The molecule has 0 aliphatic carbocycles. The maximum atomic E-state index is 6.29. The van der Waals surface area contributed by atoms with Crippen LogP contribution in [0.1, 0.15) is 36.5 Å². The topological polar surface area (TPSA) is 24.5 Å². The molecule has 29 heavy (non-hydrogen) atoms. The molecule has 0 aromatic heterocycles. The normalized spacial score (nSPS) is 17.1. The van der Waals surface area contributed by atoms with E-state index in [4.69, 9.17) is 4.74 Å². The highest BCUT2D eigenvalue weighted by Gasteiger charge is 2.22. The summed E-state index contributed by atoms with van der Waals surface area (Å²) < 4.78 is 6.29. The van der Waals surface area contributed by atoms with Gasteiger partial charge in [0, 0.05) is 24.7 Å². The van der Waals surface area contributed by atoms with Crippen LogP contribution in [0.25, 0.3) is 10.8 Å². The number of ether oxygens (including phenoxy) is 1. The van der Waals surface area contributed by atoms with E-state index in [9.17, 15) is 0 Å². The summed E-state index contributed by atoms with van der Waals surface area (Å²) in [4.78, 5) is 2.59. The van der Waals surface area contributed by atoms with Crippen molar-refractivity contribution in [1.82, 2.24) is 10.2 Å². The summed E-state index contributed by atoms with van der Waals surface area (Å²) in [6.45, 7) is 9.22. The lowest BCUT2D eigenvalue weighted by Crippen LogP contribution is -2.37. The van der Waals surface area contributed by atoms with Gasteiger partial charge in [0.05, 0.1) is 0 Å². The molecule has 0 radical (unpaired) electrons. The van der Waals surface area contributed by atoms with Crippen molar-refractivity contribution >= 4 is 10.8 Å². The second-order valence-electron chi connectivity index (χ2n) is 8.09. The van der Waals surface area contributed by atoms with E-state index in [1.807, 2.05) is 0 Å². The molecule has 0 saturated carbocycles. The van der Waals surface area contributed by atoms with E-state index in [0.717, 1.165) is 25.4 Å². The number of rotatable bonds is 8. The van der Waals surface area contributed by atoms with Gasteiger partial charge in [0.1, 0.15) is 12.4 Å². The van der Waals surface area contributed by atoms with Crippen molar-refractivity contribution in [3.63, 3.8) is 0 Å². The highest BCUT2D eigenvalue weighted by Crippen LogP contribution is 2.29. The Kier molecular flexibility index (Phi) is 6.48. The van der Waals surface area contributed by atoms with E-state index in [0.29, 0.717) is 12.6 Å². The first kappa shape index (κ1) is 19.9. The minimum absolute atomic E-state index is 0.595. The first-order valence-electron chi connectivity index (χ1n) is 10.9. The fourth-order valence-electron chi connectivity index (χ4n) is 4.39. The highest BCUT2D eigenvalue weighted by molar-refractivity contribution is 5.87. The average Bonchev–Trinajstić information content (AvgIpc) is 3.21. The van der Waals surface area contributed by atoms with Gasteiger partial charge in [-0.1, -0.05) is 67.1 Å². The van der Waals surface area contributed by atoms with Crippen LogP contribution in [0.4, 0.5) is 0 Å². The van der Waals surface area contributed by atoms with E-state index >= 15 is 0 Å². The number of hydrogen-bond acceptors (Lipinski definition) is 3. The van der Waals surface area contributed by atoms with Crippen molar-refractivity contribution in [3.05, 3.63) is 77.4 Å². The smallest absolute Gasteiger partial charge is 0.124 e. The lowest BCUT2D eigenvalue weighted by molar-refractivity contribution is 0.259. The van der Waals surface area contributed by atoms with E-state index in [1.54, 1.807) is 0 Å². The molecular weight excluding hydrogens is 356 g/mol. The van der Waals surface area contributed by atoms with Crippen LogP contribution in [-0.4, -0.2) is 30.6 Å². The Bertz CT molecular complexity index is 935. The predicted molar refractivity (Wildman–Crippen MR) is 121 cm³/mol. The fourth-order valence-corrected chi connectivity index (χ4v) is 4.39. The first-order valence-corrected chi connectivity index (χ1v) is 10.9. The minimum atomic E-state index is 0.595. The number of fused-ring (bicyclic) bond motifs is 1. The van der Waals surface area contributed by atoms with Gasteiger partial charge in [-0.2, -0.15) is 0 Å². The van der Waals surface area contributed by atoms with Crippen molar-refractivity contribution in [1.29, 1.82) is 0 Å². The lowest BCUT2D eigenvalue weighted by atomic mass is 10.0. The number of likely N-dealkylation sites (tertiary alicyclic amines) is 1. The minimum Gasteiger partial charge on any atom is -0.489 e. The van der Waals surface area contributed by atoms with E-state index in [1.165, 1.54) is 46.8 Å². The molecule has 4 rings (SSSR count). The number of nitrogens with one attached hydrogen (secondary N) is 1. The van der Waals surface area contributed by atoms with Crippen molar-refractivity contribution in [2.45, 2.75) is 45.9 Å². The zero-order valence-corrected chi connectivity index (χ0v) is 17.7. The molecule has 1 fully saturated rings. The number of likely N-dealkylation sites (N-methyl/N-ethyl adjacent to an activating group) is 1. The second-order valence-corrected chi connectivity index (χ2v) is 8.09. The molecule has 3 aromatic carbocycles. The Labute approximate surface area is 174 Å². The van der Waals surface area contributed by atoms with Gasteiger partial charge < -0.3 is 10.1 Å². The van der Waals surface area contributed by atoms with Crippen LogP contribution in [0, 0.1) is 6.92 Å². The number of nitrogens with zero attached hydrogens (tertiary/aromatic N) is 1. The molecule has 1 aliphatic rings. The van der Waals surface area contributed by atoms with Crippen LogP contribution in [0.15, 0.2) is 60.7 Å². The van der Waals surface area contributed by atoms with Gasteiger partial charge in [-0.05, 0) is 55.3 Å². The SMILES string of the molecule is CCN1CCC[C@@H]1CNCc1c(OCc2ccc(C)cc2)ccc2ccccc12. The van der Waals surface area contributed by atoms with Gasteiger partial charge in [0.25, 0.3) is 0 Å². The maximum Gasteiger partial charge on any atom is 0.124 e. The van der Waals surface area contributed by atoms with E-state index < -0.39 is 0 Å². The molecular formula is C26H32N2O. The zero-order valence-electron chi connectivity index (χ0n) is 17.7. The zero-order chi connectivity index (χ0) is 20.1. The van der Waals surface area contributed by atoms with Gasteiger partial charge in [0.15, 0.2) is 0 Å².